The van der Waals surface area contributed by atoms with Gasteiger partial charge in [-0.2, -0.15) is 0 Å². The highest BCUT2D eigenvalue weighted by molar-refractivity contribution is 7.84. The molecule has 6 nitrogen and oxygen atoms in total. The van der Waals surface area contributed by atoms with Crippen LogP contribution in [0, 0.1) is 6.92 Å². The van der Waals surface area contributed by atoms with Crippen LogP contribution in [0.25, 0.3) is 11.5 Å². The minimum absolute atomic E-state index is 0.124. The summed E-state index contributed by atoms with van der Waals surface area (Å²) in [4.78, 5) is 17.5. The monoisotopic (exact) mass is 426 g/mol. The first-order valence-electron chi connectivity index (χ1n) is 9.94. The third-order valence-corrected chi connectivity index (χ3v) is 5.85. The second-order valence-electron chi connectivity index (χ2n) is 6.71. The van der Waals surface area contributed by atoms with Crippen LogP contribution in [0.15, 0.2) is 63.9 Å². The van der Waals surface area contributed by atoms with Gasteiger partial charge < -0.3 is 14.5 Å². The van der Waals surface area contributed by atoms with Gasteiger partial charge in [-0.25, -0.2) is 4.98 Å². The van der Waals surface area contributed by atoms with Gasteiger partial charge in [0.2, 0.25) is 5.89 Å². The summed E-state index contributed by atoms with van der Waals surface area (Å²) in [6.07, 6.45) is 0.778. The topological polar surface area (TPSA) is 81.4 Å². The average Bonchev–Trinajstić information content (AvgIpc) is 3.14. The van der Waals surface area contributed by atoms with Gasteiger partial charge in [0.05, 0.1) is 22.2 Å². The van der Waals surface area contributed by atoms with Gasteiger partial charge in [-0.3, -0.25) is 9.00 Å². The lowest BCUT2D eigenvalue weighted by atomic mass is 10.1. The minimum atomic E-state index is -1.19. The molecule has 0 saturated heterocycles. The van der Waals surface area contributed by atoms with Crippen molar-refractivity contribution in [3.05, 3.63) is 71.6 Å². The van der Waals surface area contributed by atoms with Gasteiger partial charge in [0.25, 0.3) is 5.91 Å². The van der Waals surface area contributed by atoms with Gasteiger partial charge >= 0.3 is 0 Å². The number of nitrogens with zero attached hydrogens (tertiary/aromatic N) is 1. The number of carbonyl (C=O) groups excluding carboxylic acids is 1. The van der Waals surface area contributed by atoms with E-state index in [9.17, 15) is 9.00 Å². The highest BCUT2D eigenvalue weighted by Crippen LogP contribution is 2.24. The Hall–Kier alpha value is -2.77. The predicted octanol–water partition coefficient (Wildman–Crippen LogP) is 4.11. The fourth-order valence-electron chi connectivity index (χ4n) is 2.85. The second-order valence-corrected chi connectivity index (χ2v) is 8.16. The van der Waals surface area contributed by atoms with Crippen molar-refractivity contribution < 1.29 is 18.2 Å². The van der Waals surface area contributed by atoms with Crippen molar-refractivity contribution in [3.8, 4) is 11.5 Å². The molecule has 0 fully saturated rings. The lowest BCUT2D eigenvalue weighted by Crippen LogP contribution is -2.25. The van der Waals surface area contributed by atoms with Crippen LogP contribution in [0.1, 0.15) is 35.2 Å². The van der Waals surface area contributed by atoms with Crippen LogP contribution in [0.3, 0.4) is 0 Å². The molecule has 1 aromatic heterocycles. The molecule has 3 rings (SSSR count). The molecular formula is C23H26N2O4S. The van der Waals surface area contributed by atoms with Crippen molar-refractivity contribution >= 4 is 16.7 Å². The van der Waals surface area contributed by atoms with Gasteiger partial charge in [-0.15, -0.1) is 0 Å². The molecule has 1 amide bonds. The summed E-state index contributed by atoms with van der Waals surface area (Å²) in [5.74, 6) is 1.27. The number of carbonyl (C=O) groups is 1. The van der Waals surface area contributed by atoms with E-state index in [0.29, 0.717) is 48.4 Å². The first-order chi connectivity index (χ1) is 14.6. The van der Waals surface area contributed by atoms with Crippen molar-refractivity contribution in [2.75, 3.05) is 19.8 Å². The Kier molecular flexibility index (Phi) is 7.93. The summed E-state index contributed by atoms with van der Waals surface area (Å²) in [6.45, 7) is 5.65. The average molecular weight is 427 g/mol. The van der Waals surface area contributed by atoms with Gasteiger partial charge in [0.15, 0.2) is 0 Å². The van der Waals surface area contributed by atoms with Crippen LogP contribution >= 0.6 is 0 Å². The van der Waals surface area contributed by atoms with E-state index in [2.05, 4.69) is 10.3 Å². The molecule has 158 valence electrons. The number of rotatable bonds is 10. The van der Waals surface area contributed by atoms with E-state index in [-0.39, 0.29) is 5.91 Å². The third-order valence-electron chi connectivity index (χ3n) is 4.52. The zero-order valence-electron chi connectivity index (χ0n) is 17.2. The van der Waals surface area contributed by atoms with Crippen molar-refractivity contribution in [3.63, 3.8) is 0 Å². The molecule has 0 aliphatic rings. The molecule has 1 N–H and O–H groups in total. The SMILES string of the molecule is CCOCCCNC(=O)c1ccc(-c2nc(CS(=O)c3ccccc3)c(C)o2)cc1. The van der Waals surface area contributed by atoms with Crippen LogP contribution in [0.5, 0.6) is 0 Å². The van der Waals surface area contributed by atoms with E-state index >= 15 is 0 Å². The van der Waals surface area contributed by atoms with E-state index in [1.54, 1.807) is 24.3 Å². The normalized spacial score (nSPS) is 11.9. The summed E-state index contributed by atoms with van der Waals surface area (Å²) in [7, 11) is -1.19. The third kappa shape index (κ3) is 5.87. The van der Waals surface area contributed by atoms with Crippen LogP contribution in [-0.2, 0) is 21.3 Å². The molecule has 0 radical (unpaired) electrons. The molecule has 3 aromatic rings. The van der Waals surface area contributed by atoms with Crippen molar-refractivity contribution in [1.82, 2.24) is 10.3 Å². The number of amides is 1. The summed E-state index contributed by atoms with van der Waals surface area (Å²) in [6, 6.07) is 16.4. The van der Waals surface area contributed by atoms with Crippen LogP contribution < -0.4 is 5.32 Å². The minimum Gasteiger partial charge on any atom is -0.441 e. The quantitative estimate of drug-likeness (QED) is 0.493. The zero-order chi connectivity index (χ0) is 21.3. The number of aromatic nitrogens is 1. The van der Waals surface area contributed by atoms with Crippen molar-refractivity contribution in [2.45, 2.75) is 30.9 Å². The molecule has 0 aliphatic carbocycles. The molecule has 1 atom stereocenters. The van der Waals surface area contributed by atoms with Crippen LogP contribution in [0.2, 0.25) is 0 Å². The number of hydrogen-bond acceptors (Lipinski definition) is 5. The first kappa shape index (κ1) is 21.9. The predicted molar refractivity (Wildman–Crippen MR) is 117 cm³/mol. The molecule has 0 spiro atoms. The lowest BCUT2D eigenvalue weighted by molar-refractivity contribution is 0.0944. The summed E-state index contributed by atoms with van der Waals surface area (Å²) in [5, 5.41) is 2.88. The Morgan fingerprint density at radius 2 is 1.87 bits per heavy atom. The number of hydrogen-bond donors (Lipinski definition) is 1. The van der Waals surface area contributed by atoms with Crippen molar-refractivity contribution in [1.29, 1.82) is 0 Å². The molecule has 0 bridgehead atoms. The molecule has 7 heteroatoms. The second kappa shape index (κ2) is 10.8. The number of aryl methyl sites for hydroxylation is 1. The Labute approximate surface area is 179 Å². The van der Waals surface area contributed by atoms with E-state index in [0.717, 1.165) is 16.9 Å². The lowest BCUT2D eigenvalue weighted by Gasteiger charge is -2.05. The molecule has 1 heterocycles. The number of nitrogens with one attached hydrogen (secondary N) is 1. The van der Waals surface area contributed by atoms with Crippen LogP contribution in [0.4, 0.5) is 0 Å². The molecule has 1 unspecified atom stereocenters. The summed E-state index contributed by atoms with van der Waals surface area (Å²) in [5.41, 5.74) is 2.01. The molecule has 0 saturated carbocycles. The Morgan fingerprint density at radius 3 is 2.57 bits per heavy atom. The fourth-order valence-corrected chi connectivity index (χ4v) is 4.00. The standard InChI is InChI=1S/C23H26N2O4S/c1-3-28-15-7-14-24-22(26)18-10-12-19(13-11-18)23-25-21(17(2)29-23)16-30(27)20-8-5-4-6-9-20/h4-6,8-13H,3,7,14-16H2,1-2H3,(H,24,26). The molecule has 2 aromatic carbocycles. The highest BCUT2D eigenvalue weighted by atomic mass is 32.2. The summed E-state index contributed by atoms with van der Waals surface area (Å²) < 4.78 is 23.6. The first-order valence-corrected chi connectivity index (χ1v) is 11.3. The maximum Gasteiger partial charge on any atom is 0.251 e. The van der Waals surface area contributed by atoms with E-state index in [1.807, 2.05) is 44.2 Å². The summed E-state index contributed by atoms with van der Waals surface area (Å²) >= 11 is 0. The van der Waals surface area contributed by atoms with Gasteiger partial charge in [0.1, 0.15) is 5.76 Å². The van der Waals surface area contributed by atoms with E-state index in [4.69, 9.17) is 9.15 Å². The molecule has 0 aliphatic heterocycles. The number of ether oxygens (including phenoxy) is 1. The maximum absolute atomic E-state index is 12.6. The van der Waals surface area contributed by atoms with Gasteiger partial charge in [-0.05, 0) is 56.7 Å². The number of benzene rings is 2. The van der Waals surface area contributed by atoms with Crippen LogP contribution in [-0.4, -0.2) is 34.9 Å². The maximum atomic E-state index is 12.6. The molecular weight excluding hydrogens is 400 g/mol. The molecule has 30 heavy (non-hydrogen) atoms. The smallest absolute Gasteiger partial charge is 0.251 e. The van der Waals surface area contributed by atoms with Gasteiger partial charge in [-0.1, -0.05) is 18.2 Å². The van der Waals surface area contributed by atoms with Gasteiger partial charge in [0, 0.05) is 35.8 Å². The van der Waals surface area contributed by atoms with E-state index < -0.39 is 10.8 Å². The van der Waals surface area contributed by atoms with Crippen molar-refractivity contribution in [2.24, 2.45) is 0 Å². The largest absolute Gasteiger partial charge is 0.441 e. The zero-order valence-corrected chi connectivity index (χ0v) is 18.0. The Morgan fingerprint density at radius 1 is 1.13 bits per heavy atom. The Balaban J connectivity index is 1.62. The highest BCUT2D eigenvalue weighted by Gasteiger charge is 2.15. The van der Waals surface area contributed by atoms with E-state index in [1.165, 1.54) is 0 Å². The Bertz CT molecular complexity index is 984. The fraction of sp³-hybridized carbons (Fsp3) is 0.304. The number of oxazole rings is 1.